The normalized spacial score (nSPS) is 11.8. The van der Waals surface area contributed by atoms with Crippen LogP contribution >= 0.6 is 0 Å². The Kier molecular flexibility index (Phi) is 6.57. The number of benzene rings is 1. The van der Waals surface area contributed by atoms with Gasteiger partial charge < -0.3 is 5.32 Å². The van der Waals surface area contributed by atoms with Gasteiger partial charge in [0.25, 0.3) is 0 Å². The van der Waals surface area contributed by atoms with Crippen LogP contribution in [-0.2, 0) is 19.3 Å². The van der Waals surface area contributed by atoms with Gasteiger partial charge in [-0.15, -0.1) is 0 Å². The molecule has 0 unspecified atom stereocenters. The molecule has 1 aromatic rings. The summed E-state index contributed by atoms with van der Waals surface area (Å²) in [6.45, 7) is 13.6. The van der Waals surface area contributed by atoms with E-state index in [4.69, 9.17) is 0 Å². The van der Waals surface area contributed by atoms with Gasteiger partial charge in [-0.2, -0.15) is 0 Å². The van der Waals surface area contributed by atoms with Crippen LogP contribution in [0.25, 0.3) is 0 Å². The predicted octanol–water partition coefficient (Wildman–Crippen LogP) is 4.38. The second-order valence-corrected chi connectivity index (χ2v) is 6.25. The summed E-state index contributed by atoms with van der Waals surface area (Å²) >= 11 is 0. The molecular formula is C18H31N. The third kappa shape index (κ3) is 5.36. The summed E-state index contributed by atoms with van der Waals surface area (Å²) < 4.78 is 0. The lowest BCUT2D eigenvalue weighted by molar-refractivity contribution is 0.318. The first-order chi connectivity index (χ1) is 9.02. The summed E-state index contributed by atoms with van der Waals surface area (Å²) in [6, 6.07) is 7.06. The van der Waals surface area contributed by atoms with E-state index in [0.717, 1.165) is 25.9 Å². The lowest BCUT2D eigenvalue weighted by Crippen LogP contribution is -2.29. The van der Waals surface area contributed by atoms with Crippen molar-refractivity contribution < 1.29 is 0 Å². The van der Waals surface area contributed by atoms with E-state index in [1.807, 2.05) is 0 Å². The Hall–Kier alpha value is -0.820. The molecule has 0 fully saturated rings. The molecule has 0 atom stereocenters. The van der Waals surface area contributed by atoms with Crippen molar-refractivity contribution in [3.8, 4) is 0 Å². The Bertz CT molecular complexity index is 379. The fraction of sp³-hybridized carbons (Fsp3) is 0.667. The number of aryl methyl sites for hydroxylation is 3. The SMILES string of the molecule is CCNCC(C)(C)CCc1ccc(CC)c(CC)c1. The third-order valence-corrected chi connectivity index (χ3v) is 3.98. The van der Waals surface area contributed by atoms with Crippen molar-refractivity contribution in [1.82, 2.24) is 5.32 Å². The van der Waals surface area contributed by atoms with Crippen LogP contribution in [-0.4, -0.2) is 13.1 Å². The van der Waals surface area contributed by atoms with Crippen molar-refractivity contribution in [1.29, 1.82) is 0 Å². The van der Waals surface area contributed by atoms with Gasteiger partial charge in [0.2, 0.25) is 0 Å². The molecule has 0 aliphatic heterocycles. The lowest BCUT2D eigenvalue weighted by Gasteiger charge is -2.25. The summed E-state index contributed by atoms with van der Waals surface area (Å²) in [7, 11) is 0. The molecule has 108 valence electrons. The Morgan fingerprint density at radius 3 is 2.26 bits per heavy atom. The van der Waals surface area contributed by atoms with Crippen molar-refractivity contribution in [3.63, 3.8) is 0 Å². The van der Waals surface area contributed by atoms with Crippen LogP contribution in [0.3, 0.4) is 0 Å². The van der Waals surface area contributed by atoms with Gasteiger partial charge in [-0.1, -0.05) is 52.8 Å². The Labute approximate surface area is 119 Å². The van der Waals surface area contributed by atoms with E-state index >= 15 is 0 Å². The van der Waals surface area contributed by atoms with Crippen molar-refractivity contribution in [2.75, 3.05) is 13.1 Å². The molecule has 0 radical (unpaired) electrons. The first-order valence-corrected chi connectivity index (χ1v) is 7.83. The summed E-state index contributed by atoms with van der Waals surface area (Å²) in [5.74, 6) is 0. The van der Waals surface area contributed by atoms with E-state index in [1.54, 1.807) is 0 Å². The number of hydrogen-bond acceptors (Lipinski definition) is 1. The highest BCUT2D eigenvalue weighted by molar-refractivity contribution is 5.32. The van der Waals surface area contributed by atoms with Crippen molar-refractivity contribution in [2.45, 2.75) is 60.3 Å². The van der Waals surface area contributed by atoms with Crippen LogP contribution in [0.15, 0.2) is 18.2 Å². The average molecular weight is 261 g/mol. The van der Waals surface area contributed by atoms with E-state index in [-0.39, 0.29) is 0 Å². The number of hydrogen-bond donors (Lipinski definition) is 1. The molecule has 19 heavy (non-hydrogen) atoms. The van der Waals surface area contributed by atoms with E-state index < -0.39 is 0 Å². The van der Waals surface area contributed by atoms with Crippen molar-refractivity contribution in [2.24, 2.45) is 5.41 Å². The zero-order valence-electron chi connectivity index (χ0n) is 13.5. The van der Waals surface area contributed by atoms with Gasteiger partial charge in [0, 0.05) is 6.54 Å². The topological polar surface area (TPSA) is 12.0 Å². The van der Waals surface area contributed by atoms with Crippen LogP contribution in [0.2, 0.25) is 0 Å². The van der Waals surface area contributed by atoms with Crippen LogP contribution in [0, 0.1) is 5.41 Å². The second-order valence-electron chi connectivity index (χ2n) is 6.25. The molecule has 1 rings (SSSR count). The Balaban J connectivity index is 2.62. The van der Waals surface area contributed by atoms with Crippen LogP contribution < -0.4 is 5.32 Å². The third-order valence-electron chi connectivity index (χ3n) is 3.98. The smallest absolute Gasteiger partial charge is 0.000251 e. The zero-order chi connectivity index (χ0) is 14.3. The second kappa shape index (κ2) is 7.69. The summed E-state index contributed by atoms with van der Waals surface area (Å²) in [5, 5.41) is 3.47. The van der Waals surface area contributed by atoms with Gasteiger partial charge in [0.15, 0.2) is 0 Å². The lowest BCUT2D eigenvalue weighted by atomic mass is 9.85. The van der Waals surface area contributed by atoms with Crippen molar-refractivity contribution in [3.05, 3.63) is 34.9 Å². The molecular weight excluding hydrogens is 230 g/mol. The summed E-state index contributed by atoms with van der Waals surface area (Å²) in [5.41, 5.74) is 4.92. The molecule has 1 heteroatoms. The van der Waals surface area contributed by atoms with E-state index in [0.29, 0.717) is 5.41 Å². The molecule has 0 saturated heterocycles. The quantitative estimate of drug-likeness (QED) is 0.732. The number of nitrogens with one attached hydrogen (secondary N) is 1. The largest absolute Gasteiger partial charge is 0.316 e. The molecule has 0 spiro atoms. The minimum atomic E-state index is 0.381. The molecule has 0 saturated carbocycles. The molecule has 1 aromatic carbocycles. The zero-order valence-corrected chi connectivity index (χ0v) is 13.5. The first-order valence-electron chi connectivity index (χ1n) is 7.83. The van der Waals surface area contributed by atoms with Crippen LogP contribution in [0.5, 0.6) is 0 Å². The molecule has 1 nitrogen and oxygen atoms in total. The van der Waals surface area contributed by atoms with Gasteiger partial charge >= 0.3 is 0 Å². The van der Waals surface area contributed by atoms with Crippen LogP contribution in [0.4, 0.5) is 0 Å². The maximum Gasteiger partial charge on any atom is 0.000251 e. The molecule has 0 amide bonds. The van der Waals surface area contributed by atoms with Gasteiger partial charge in [-0.25, -0.2) is 0 Å². The molecule has 1 N–H and O–H groups in total. The molecule has 0 bridgehead atoms. The first kappa shape index (κ1) is 16.2. The molecule has 0 aliphatic rings. The predicted molar refractivity (Wildman–Crippen MR) is 85.8 cm³/mol. The highest BCUT2D eigenvalue weighted by Crippen LogP contribution is 2.23. The monoisotopic (exact) mass is 261 g/mol. The summed E-state index contributed by atoms with van der Waals surface area (Å²) in [4.78, 5) is 0. The van der Waals surface area contributed by atoms with Gasteiger partial charge in [0.1, 0.15) is 0 Å². The van der Waals surface area contributed by atoms with E-state index in [9.17, 15) is 0 Å². The maximum absolute atomic E-state index is 3.47. The molecule has 0 heterocycles. The van der Waals surface area contributed by atoms with Gasteiger partial charge in [0.05, 0.1) is 0 Å². The van der Waals surface area contributed by atoms with Gasteiger partial charge in [-0.05, 0) is 54.3 Å². The maximum atomic E-state index is 3.47. The number of rotatable bonds is 8. The van der Waals surface area contributed by atoms with Crippen LogP contribution in [0.1, 0.15) is 57.7 Å². The van der Waals surface area contributed by atoms with E-state index in [1.165, 1.54) is 29.5 Å². The minimum absolute atomic E-state index is 0.381. The van der Waals surface area contributed by atoms with E-state index in [2.05, 4.69) is 58.1 Å². The van der Waals surface area contributed by atoms with Crippen molar-refractivity contribution >= 4 is 0 Å². The Morgan fingerprint density at radius 2 is 1.68 bits per heavy atom. The minimum Gasteiger partial charge on any atom is -0.316 e. The highest BCUT2D eigenvalue weighted by atomic mass is 14.9. The fourth-order valence-electron chi connectivity index (χ4n) is 2.54. The average Bonchev–Trinajstić information content (AvgIpc) is 2.42. The summed E-state index contributed by atoms with van der Waals surface area (Å²) in [6.07, 6.45) is 4.73. The Morgan fingerprint density at radius 1 is 1.00 bits per heavy atom. The molecule has 0 aromatic heterocycles. The highest BCUT2D eigenvalue weighted by Gasteiger charge is 2.17. The molecule has 0 aliphatic carbocycles. The van der Waals surface area contributed by atoms with Gasteiger partial charge in [-0.3, -0.25) is 0 Å². The fourth-order valence-corrected chi connectivity index (χ4v) is 2.54. The standard InChI is InChI=1S/C18H31N/c1-6-16-10-9-15(13-17(16)7-2)11-12-18(4,5)14-19-8-3/h9-10,13,19H,6-8,11-12,14H2,1-5H3.